The van der Waals surface area contributed by atoms with Crippen LogP contribution in [0.25, 0.3) is 0 Å². The molecule has 4 nitrogen and oxygen atoms in total. The second-order valence-corrected chi connectivity index (χ2v) is 9.01. The number of fused-ring (bicyclic) bond motifs is 1. The maximum Gasteiger partial charge on any atom is 0.338 e. The molecular formula is C29H35NO3. The van der Waals surface area contributed by atoms with Crippen LogP contribution in [0.15, 0.2) is 71.9 Å². The van der Waals surface area contributed by atoms with Gasteiger partial charge in [0, 0.05) is 12.8 Å². The molecule has 0 fully saturated rings. The van der Waals surface area contributed by atoms with E-state index < -0.39 is 0 Å². The smallest absolute Gasteiger partial charge is 0.338 e. The van der Waals surface area contributed by atoms with Crippen LogP contribution in [-0.4, -0.2) is 17.8 Å². The molecule has 3 rings (SSSR count). The maximum absolute atomic E-state index is 13.3. The number of hydrogen-bond donors (Lipinski definition) is 0. The molecule has 174 valence electrons. The van der Waals surface area contributed by atoms with Gasteiger partial charge in [-0.1, -0.05) is 85.3 Å². The minimum Gasteiger partial charge on any atom is -0.458 e. The van der Waals surface area contributed by atoms with Crippen LogP contribution < -0.4 is 0 Å². The number of aryl methyl sites for hydroxylation is 2. The van der Waals surface area contributed by atoms with Gasteiger partial charge in [0.25, 0.3) is 0 Å². The van der Waals surface area contributed by atoms with Crippen molar-refractivity contribution in [1.29, 1.82) is 0 Å². The van der Waals surface area contributed by atoms with Gasteiger partial charge in [0.1, 0.15) is 12.7 Å². The number of ether oxygens (including phenoxy) is 1. The second kappa shape index (κ2) is 12.2. The number of cyclic esters (lactones) is 1. The molecule has 0 radical (unpaired) electrons. The topological polar surface area (TPSA) is 47.9 Å². The van der Waals surface area contributed by atoms with Gasteiger partial charge in [-0.15, -0.1) is 0 Å². The highest BCUT2D eigenvalue weighted by Gasteiger charge is 2.23. The molecule has 0 spiro atoms. The molecule has 4 heteroatoms. The van der Waals surface area contributed by atoms with Crippen molar-refractivity contribution in [1.82, 2.24) is 0 Å². The van der Waals surface area contributed by atoms with Crippen LogP contribution in [0.2, 0.25) is 0 Å². The van der Waals surface area contributed by atoms with Crippen LogP contribution in [0, 0.1) is 19.8 Å². The van der Waals surface area contributed by atoms with E-state index in [-0.39, 0.29) is 18.0 Å². The minimum absolute atomic E-state index is 0.150. The third-order valence-electron chi connectivity index (χ3n) is 5.74. The minimum atomic E-state index is -0.264. The summed E-state index contributed by atoms with van der Waals surface area (Å²) < 4.78 is 6.00. The molecule has 2 aromatic rings. The van der Waals surface area contributed by atoms with Gasteiger partial charge >= 0.3 is 5.97 Å². The molecule has 0 aromatic heterocycles. The van der Waals surface area contributed by atoms with Crippen molar-refractivity contribution in [3.63, 3.8) is 0 Å². The van der Waals surface area contributed by atoms with E-state index in [0.717, 1.165) is 47.2 Å². The molecule has 1 atom stereocenters. The SMILES string of the molecule is Cc1cc(C)c2c(c1)CC(=N/OCc1ccccc1)/C=C/CC/C=C/C[C@@H](C(C)C)OC2=O. The molecule has 0 aliphatic carbocycles. The Hall–Kier alpha value is -3.14. The Morgan fingerprint density at radius 1 is 1.06 bits per heavy atom. The van der Waals surface area contributed by atoms with Crippen LogP contribution in [0.1, 0.15) is 65.7 Å². The molecule has 1 aliphatic heterocycles. The number of benzene rings is 2. The van der Waals surface area contributed by atoms with E-state index in [2.05, 4.69) is 43.3 Å². The predicted octanol–water partition coefficient (Wildman–Crippen LogP) is 6.90. The van der Waals surface area contributed by atoms with Gasteiger partial charge in [-0.3, -0.25) is 0 Å². The average molecular weight is 446 g/mol. The molecule has 1 heterocycles. The Morgan fingerprint density at radius 2 is 1.82 bits per heavy atom. The normalized spacial score (nSPS) is 20.6. The Kier molecular flexibility index (Phi) is 9.05. The van der Waals surface area contributed by atoms with Crippen molar-refractivity contribution in [2.75, 3.05) is 0 Å². The molecule has 1 aliphatic rings. The molecule has 0 saturated carbocycles. The molecule has 0 unspecified atom stereocenters. The van der Waals surface area contributed by atoms with Gasteiger partial charge in [-0.05, 0) is 55.4 Å². The number of carbonyl (C=O) groups excluding carboxylic acids is 1. The van der Waals surface area contributed by atoms with E-state index in [0.29, 0.717) is 18.6 Å². The standard InChI is InChI=1S/C29H35NO3/c1-21(2)27-16-12-7-5-6-11-15-26(30-32-20-24-13-9-8-10-14-24)19-25-18-22(3)17-23(4)28(25)29(31)33-27/h7-15,17-18,21,27H,5-6,16,19-20H2,1-4H3/b12-7+,15-11+,30-26+/t27-/m0/s1. The number of rotatable bonds is 4. The average Bonchev–Trinajstić information content (AvgIpc) is 2.77. The van der Waals surface area contributed by atoms with Crippen LogP contribution in [0.3, 0.4) is 0 Å². The molecule has 0 bridgehead atoms. The zero-order valence-corrected chi connectivity index (χ0v) is 20.2. The molecule has 0 N–H and O–H groups in total. The lowest BCUT2D eigenvalue weighted by Gasteiger charge is -2.22. The number of nitrogens with zero attached hydrogens (tertiary/aromatic N) is 1. The van der Waals surface area contributed by atoms with E-state index in [4.69, 9.17) is 9.57 Å². The third kappa shape index (κ3) is 7.45. The van der Waals surface area contributed by atoms with E-state index >= 15 is 0 Å². The fourth-order valence-electron chi connectivity index (χ4n) is 3.98. The molecule has 33 heavy (non-hydrogen) atoms. The summed E-state index contributed by atoms with van der Waals surface area (Å²) in [7, 11) is 0. The molecule has 0 amide bonds. The summed E-state index contributed by atoms with van der Waals surface area (Å²) in [5.41, 5.74) is 5.43. The van der Waals surface area contributed by atoms with E-state index in [9.17, 15) is 4.79 Å². The fraction of sp³-hybridized carbons (Fsp3) is 0.379. The van der Waals surface area contributed by atoms with Crippen molar-refractivity contribution >= 4 is 11.7 Å². The van der Waals surface area contributed by atoms with E-state index in [1.807, 2.05) is 56.3 Å². The van der Waals surface area contributed by atoms with Crippen LogP contribution in [0.5, 0.6) is 0 Å². The number of allylic oxidation sites excluding steroid dienone is 3. The Labute approximate surface area is 198 Å². The summed E-state index contributed by atoms with van der Waals surface area (Å²) in [4.78, 5) is 19.0. The Bertz CT molecular complexity index is 1020. The Balaban J connectivity index is 1.93. The summed E-state index contributed by atoms with van der Waals surface area (Å²) in [6.07, 6.45) is 11.3. The number of oxime groups is 1. The first kappa shape index (κ1) is 24.5. The fourth-order valence-corrected chi connectivity index (χ4v) is 3.98. The maximum atomic E-state index is 13.3. The number of esters is 1. The van der Waals surface area contributed by atoms with Crippen LogP contribution in [0.4, 0.5) is 0 Å². The molecule has 2 aromatic carbocycles. The Morgan fingerprint density at radius 3 is 2.58 bits per heavy atom. The molecular weight excluding hydrogens is 410 g/mol. The first-order valence-electron chi connectivity index (χ1n) is 11.8. The van der Waals surface area contributed by atoms with Crippen LogP contribution >= 0.6 is 0 Å². The van der Waals surface area contributed by atoms with Crippen molar-refractivity contribution < 1.29 is 14.4 Å². The summed E-state index contributed by atoms with van der Waals surface area (Å²) in [6.45, 7) is 8.60. The highest BCUT2D eigenvalue weighted by Crippen LogP contribution is 2.23. The van der Waals surface area contributed by atoms with Crippen molar-refractivity contribution in [3.8, 4) is 0 Å². The van der Waals surface area contributed by atoms with Crippen molar-refractivity contribution in [3.05, 3.63) is 94.6 Å². The van der Waals surface area contributed by atoms with Gasteiger partial charge in [0.05, 0.1) is 11.3 Å². The van der Waals surface area contributed by atoms with Crippen LogP contribution in [-0.2, 0) is 22.6 Å². The lowest BCUT2D eigenvalue weighted by Crippen LogP contribution is -2.25. The zero-order chi connectivity index (χ0) is 23.6. The lowest BCUT2D eigenvalue weighted by molar-refractivity contribution is 0.0191. The van der Waals surface area contributed by atoms with E-state index in [1.54, 1.807) is 0 Å². The van der Waals surface area contributed by atoms with Crippen molar-refractivity contribution in [2.24, 2.45) is 11.1 Å². The summed E-state index contributed by atoms with van der Waals surface area (Å²) in [6, 6.07) is 14.1. The summed E-state index contributed by atoms with van der Waals surface area (Å²) >= 11 is 0. The van der Waals surface area contributed by atoms with Gasteiger partial charge < -0.3 is 9.57 Å². The monoisotopic (exact) mass is 445 g/mol. The third-order valence-corrected chi connectivity index (χ3v) is 5.74. The van der Waals surface area contributed by atoms with Gasteiger partial charge in [0.15, 0.2) is 0 Å². The van der Waals surface area contributed by atoms with E-state index in [1.165, 1.54) is 0 Å². The predicted molar refractivity (Wildman–Crippen MR) is 134 cm³/mol. The number of hydrogen-bond acceptors (Lipinski definition) is 4. The quantitative estimate of drug-likeness (QED) is 0.292. The zero-order valence-electron chi connectivity index (χ0n) is 20.2. The first-order valence-corrected chi connectivity index (χ1v) is 11.8. The highest BCUT2D eigenvalue weighted by atomic mass is 16.6. The number of carbonyl (C=O) groups is 1. The second-order valence-electron chi connectivity index (χ2n) is 9.01. The lowest BCUT2D eigenvalue weighted by atomic mass is 9.94. The van der Waals surface area contributed by atoms with Crippen molar-refractivity contribution in [2.45, 2.75) is 66.1 Å². The first-order chi connectivity index (χ1) is 15.9. The molecule has 0 saturated heterocycles. The highest BCUT2D eigenvalue weighted by molar-refractivity contribution is 5.99. The van der Waals surface area contributed by atoms with Gasteiger partial charge in [-0.2, -0.15) is 0 Å². The van der Waals surface area contributed by atoms with Gasteiger partial charge in [-0.25, -0.2) is 4.79 Å². The largest absolute Gasteiger partial charge is 0.458 e. The summed E-state index contributed by atoms with van der Waals surface area (Å²) in [5.74, 6) is -0.0238. The summed E-state index contributed by atoms with van der Waals surface area (Å²) in [5, 5.41) is 4.43. The van der Waals surface area contributed by atoms with Gasteiger partial charge in [0.2, 0.25) is 0 Å².